The molecule has 0 bridgehead atoms. The number of hydrogen-bond acceptors (Lipinski definition) is 4. The van der Waals surface area contributed by atoms with Gasteiger partial charge in [0, 0.05) is 25.8 Å². The van der Waals surface area contributed by atoms with Crippen molar-refractivity contribution in [3.8, 4) is 0 Å². The van der Waals surface area contributed by atoms with Crippen LogP contribution in [0, 0.1) is 5.92 Å². The molecule has 7 nitrogen and oxygen atoms in total. The number of benzene rings is 1. The topological polar surface area (TPSA) is 113 Å². The summed E-state index contributed by atoms with van der Waals surface area (Å²) in [4.78, 5) is 33.7. The number of carbonyl (C=O) groups is 3. The lowest BCUT2D eigenvalue weighted by molar-refractivity contribution is -0.117. The van der Waals surface area contributed by atoms with Gasteiger partial charge in [-0.25, -0.2) is 9.59 Å². The van der Waals surface area contributed by atoms with Crippen molar-refractivity contribution in [1.29, 1.82) is 0 Å². The molecular formula is C14H17NO6. The maximum absolute atomic E-state index is 11.8. The van der Waals surface area contributed by atoms with E-state index in [1.165, 1.54) is 19.2 Å². The van der Waals surface area contributed by atoms with E-state index in [-0.39, 0.29) is 35.1 Å². The average Bonchev–Trinajstić information content (AvgIpc) is 2.37. The number of rotatable bonds is 7. The van der Waals surface area contributed by atoms with Crippen LogP contribution in [0.2, 0.25) is 0 Å². The summed E-state index contributed by atoms with van der Waals surface area (Å²) in [5.74, 6) is -2.86. The number of anilines is 1. The largest absolute Gasteiger partial charge is 0.478 e. The Bertz CT molecular complexity index is 522. The van der Waals surface area contributed by atoms with E-state index >= 15 is 0 Å². The summed E-state index contributed by atoms with van der Waals surface area (Å²) in [7, 11) is 1.53. The van der Waals surface area contributed by atoms with Crippen molar-refractivity contribution in [2.45, 2.75) is 13.3 Å². The number of amides is 1. The quantitative estimate of drug-likeness (QED) is 0.705. The van der Waals surface area contributed by atoms with Gasteiger partial charge in [-0.2, -0.15) is 0 Å². The number of hydrogen-bond donors (Lipinski definition) is 3. The van der Waals surface area contributed by atoms with E-state index in [1.54, 1.807) is 0 Å². The van der Waals surface area contributed by atoms with Gasteiger partial charge in [0.2, 0.25) is 5.91 Å². The van der Waals surface area contributed by atoms with Crippen molar-refractivity contribution in [2.75, 3.05) is 19.0 Å². The first kappa shape index (κ1) is 16.6. The highest BCUT2D eigenvalue weighted by Gasteiger charge is 2.14. The van der Waals surface area contributed by atoms with E-state index in [2.05, 4.69) is 5.32 Å². The van der Waals surface area contributed by atoms with E-state index in [1.807, 2.05) is 6.92 Å². The van der Waals surface area contributed by atoms with Gasteiger partial charge in [0.25, 0.3) is 0 Å². The van der Waals surface area contributed by atoms with Crippen LogP contribution in [0.5, 0.6) is 0 Å². The van der Waals surface area contributed by atoms with Gasteiger partial charge in [-0.3, -0.25) is 4.79 Å². The smallest absolute Gasteiger partial charge is 0.335 e. The third-order valence-corrected chi connectivity index (χ3v) is 2.70. The first-order valence-corrected chi connectivity index (χ1v) is 6.24. The summed E-state index contributed by atoms with van der Waals surface area (Å²) in [6.07, 6.45) is 0.188. The van der Waals surface area contributed by atoms with Gasteiger partial charge < -0.3 is 20.3 Å². The highest BCUT2D eigenvalue weighted by atomic mass is 16.5. The first-order chi connectivity index (χ1) is 9.83. The Morgan fingerprint density at radius 2 is 1.67 bits per heavy atom. The van der Waals surface area contributed by atoms with Crippen molar-refractivity contribution in [3.05, 3.63) is 29.3 Å². The van der Waals surface area contributed by atoms with E-state index in [0.29, 0.717) is 6.61 Å². The Labute approximate surface area is 121 Å². The van der Waals surface area contributed by atoms with Crippen LogP contribution in [-0.4, -0.2) is 41.8 Å². The van der Waals surface area contributed by atoms with Gasteiger partial charge in [0.15, 0.2) is 0 Å². The van der Waals surface area contributed by atoms with Gasteiger partial charge >= 0.3 is 11.9 Å². The Morgan fingerprint density at radius 1 is 1.14 bits per heavy atom. The van der Waals surface area contributed by atoms with Crippen LogP contribution in [-0.2, 0) is 9.53 Å². The first-order valence-electron chi connectivity index (χ1n) is 6.24. The minimum atomic E-state index is -1.26. The van der Waals surface area contributed by atoms with Crippen LogP contribution in [0.1, 0.15) is 34.1 Å². The second-order valence-electron chi connectivity index (χ2n) is 4.72. The normalized spacial score (nSPS) is 11.7. The molecule has 0 heterocycles. The van der Waals surface area contributed by atoms with Crippen LogP contribution in [0.15, 0.2) is 18.2 Å². The van der Waals surface area contributed by atoms with E-state index in [0.717, 1.165) is 6.07 Å². The molecule has 3 N–H and O–H groups in total. The molecule has 0 aliphatic rings. The number of aromatic carboxylic acids is 2. The second-order valence-corrected chi connectivity index (χ2v) is 4.72. The number of nitrogens with one attached hydrogen (secondary N) is 1. The molecule has 114 valence electrons. The summed E-state index contributed by atoms with van der Waals surface area (Å²) in [5.41, 5.74) is -0.257. The number of carboxylic acid groups (broad SMARTS) is 2. The lowest BCUT2D eigenvalue weighted by Crippen LogP contribution is -2.18. The molecule has 0 aliphatic carbocycles. The van der Waals surface area contributed by atoms with Crippen molar-refractivity contribution in [3.63, 3.8) is 0 Å². The lowest BCUT2D eigenvalue weighted by Gasteiger charge is -2.11. The van der Waals surface area contributed by atoms with Crippen molar-refractivity contribution >= 4 is 23.5 Å². The van der Waals surface area contributed by atoms with E-state index in [4.69, 9.17) is 14.9 Å². The molecule has 1 aromatic carbocycles. The molecule has 1 unspecified atom stereocenters. The van der Waals surface area contributed by atoms with Crippen molar-refractivity contribution < 1.29 is 29.3 Å². The van der Waals surface area contributed by atoms with Gasteiger partial charge in [0.05, 0.1) is 11.1 Å². The molecule has 7 heteroatoms. The predicted octanol–water partition coefficient (Wildman–Crippen LogP) is 1.69. The Balaban J connectivity index is 2.89. The summed E-state index contributed by atoms with van der Waals surface area (Å²) < 4.78 is 4.92. The average molecular weight is 295 g/mol. The minimum absolute atomic E-state index is 0.00315. The summed E-state index contributed by atoms with van der Waals surface area (Å²) in [5, 5.41) is 20.4. The highest BCUT2D eigenvalue weighted by molar-refractivity contribution is 5.98. The van der Waals surface area contributed by atoms with E-state index in [9.17, 15) is 14.4 Å². The van der Waals surface area contributed by atoms with Gasteiger partial charge in [-0.05, 0) is 24.1 Å². The molecule has 0 radical (unpaired) electrons. The zero-order chi connectivity index (χ0) is 16.0. The predicted molar refractivity (Wildman–Crippen MR) is 74.6 cm³/mol. The molecule has 1 atom stereocenters. The van der Waals surface area contributed by atoms with Gasteiger partial charge in [-0.15, -0.1) is 0 Å². The summed E-state index contributed by atoms with van der Waals surface area (Å²) in [6.45, 7) is 2.25. The molecule has 0 fully saturated rings. The third kappa shape index (κ3) is 5.23. The Hall–Kier alpha value is -2.41. The molecule has 1 amide bonds. The molecule has 1 aromatic rings. The summed E-state index contributed by atoms with van der Waals surface area (Å²) >= 11 is 0. The molecular weight excluding hydrogens is 278 g/mol. The monoisotopic (exact) mass is 295 g/mol. The minimum Gasteiger partial charge on any atom is -0.478 e. The molecule has 0 aromatic heterocycles. The number of ether oxygens (including phenoxy) is 1. The maximum atomic E-state index is 11.8. The number of methoxy groups -OCH3 is 1. The molecule has 21 heavy (non-hydrogen) atoms. The van der Waals surface area contributed by atoms with Crippen LogP contribution in [0.3, 0.4) is 0 Å². The van der Waals surface area contributed by atoms with Crippen LogP contribution in [0.25, 0.3) is 0 Å². The summed E-state index contributed by atoms with van der Waals surface area (Å²) in [6, 6.07) is 3.47. The van der Waals surface area contributed by atoms with Crippen LogP contribution >= 0.6 is 0 Å². The Kier molecular flexibility index (Phi) is 5.86. The maximum Gasteiger partial charge on any atom is 0.335 e. The molecule has 0 aliphatic heterocycles. The molecule has 0 saturated heterocycles. The third-order valence-electron chi connectivity index (χ3n) is 2.70. The molecule has 0 saturated carbocycles. The standard InChI is InChI=1S/C14H17NO6/c1-8(7-21-2)3-12(16)15-11-5-9(13(17)18)4-10(6-11)14(19)20/h4-6,8H,3,7H2,1-2H3,(H,15,16)(H,17,18)(H,19,20). The second kappa shape index (κ2) is 7.39. The van der Waals surface area contributed by atoms with Gasteiger partial charge in [0.1, 0.15) is 0 Å². The Morgan fingerprint density at radius 3 is 2.10 bits per heavy atom. The zero-order valence-electron chi connectivity index (χ0n) is 11.8. The number of carboxylic acids is 2. The lowest BCUT2D eigenvalue weighted by atomic mass is 10.1. The highest BCUT2D eigenvalue weighted by Crippen LogP contribution is 2.16. The SMILES string of the molecule is COCC(C)CC(=O)Nc1cc(C(=O)O)cc(C(=O)O)c1. The van der Waals surface area contributed by atoms with Gasteiger partial charge in [-0.1, -0.05) is 6.92 Å². The van der Waals surface area contributed by atoms with Crippen LogP contribution < -0.4 is 5.32 Å². The fourth-order valence-corrected chi connectivity index (χ4v) is 1.82. The zero-order valence-corrected chi connectivity index (χ0v) is 11.8. The van der Waals surface area contributed by atoms with Crippen molar-refractivity contribution in [2.24, 2.45) is 5.92 Å². The molecule has 0 spiro atoms. The fraction of sp³-hybridized carbons (Fsp3) is 0.357. The fourth-order valence-electron chi connectivity index (χ4n) is 1.82. The van der Waals surface area contributed by atoms with Crippen molar-refractivity contribution in [1.82, 2.24) is 0 Å². The number of carbonyl (C=O) groups excluding carboxylic acids is 1. The molecule has 1 rings (SSSR count). The van der Waals surface area contributed by atoms with E-state index < -0.39 is 11.9 Å². The van der Waals surface area contributed by atoms with Crippen LogP contribution in [0.4, 0.5) is 5.69 Å².